The zero-order chi connectivity index (χ0) is 21.7. The molecule has 2 aromatic carbocycles. The van der Waals surface area contributed by atoms with Gasteiger partial charge in [-0.3, -0.25) is 19.7 Å². The molecule has 2 N–H and O–H groups in total. The Balaban J connectivity index is 1.64. The van der Waals surface area contributed by atoms with Crippen LogP contribution in [-0.2, 0) is 4.79 Å². The van der Waals surface area contributed by atoms with Crippen molar-refractivity contribution >= 4 is 45.3 Å². The second-order valence-electron chi connectivity index (χ2n) is 6.08. The van der Waals surface area contributed by atoms with Gasteiger partial charge in [0.05, 0.1) is 11.1 Å². The van der Waals surface area contributed by atoms with Crippen LogP contribution in [0.2, 0.25) is 0 Å². The summed E-state index contributed by atoms with van der Waals surface area (Å²) < 4.78 is 6.17. The van der Waals surface area contributed by atoms with Crippen molar-refractivity contribution < 1.29 is 18.9 Å². The van der Waals surface area contributed by atoms with Gasteiger partial charge in [0, 0.05) is 40.3 Å². The van der Waals surface area contributed by atoms with Gasteiger partial charge in [0.1, 0.15) is 11.5 Å². The van der Waals surface area contributed by atoms with Crippen LogP contribution < -0.4 is 10.7 Å². The van der Waals surface area contributed by atoms with E-state index in [1.807, 2.05) is 0 Å². The van der Waals surface area contributed by atoms with Gasteiger partial charge < -0.3 is 9.73 Å². The number of anilines is 1. The smallest absolute Gasteiger partial charge is 0.271 e. The highest BCUT2D eigenvalue weighted by molar-refractivity contribution is 9.10. The molecule has 0 bridgehead atoms. The Labute approximate surface area is 179 Å². The van der Waals surface area contributed by atoms with Crippen molar-refractivity contribution in [3.63, 3.8) is 0 Å². The first kappa shape index (κ1) is 20.9. The van der Waals surface area contributed by atoms with Gasteiger partial charge in [0.15, 0.2) is 0 Å². The minimum absolute atomic E-state index is 0.0354. The van der Waals surface area contributed by atoms with E-state index in [0.29, 0.717) is 32.8 Å². The van der Waals surface area contributed by atoms with E-state index in [2.05, 4.69) is 31.8 Å². The summed E-state index contributed by atoms with van der Waals surface area (Å²) in [6, 6.07) is 14.0. The summed E-state index contributed by atoms with van der Waals surface area (Å²) in [7, 11) is 0. The molecular weight excluding hydrogens is 456 g/mol. The van der Waals surface area contributed by atoms with Crippen molar-refractivity contribution in [1.29, 1.82) is 0 Å². The van der Waals surface area contributed by atoms with Gasteiger partial charge in [-0.2, -0.15) is 5.10 Å². The van der Waals surface area contributed by atoms with E-state index in [-0.39, 0.29) is 11.6 Å². The second kappa shape index (κ2) is 9.14. The van der Waals surface area contributed by atoms with Gasteiger partial charge in [0.25, 0.3) is 11.6 Å². The number of non-ortho nitro benzene ring substituents is 1. The number of nitrogens with zero attached hydrogens (tertiary/aromatic N) is 2. The van der Waals surface area contributed by atoms with Crippen molar-refractivity contribution in [2.75, 3.05) is 5.32 Å². The number of nitro groups is 1. The van der Waals surface area contributed by atoms with Crippen LogP contribution in [-0.4, -0.2) is 23.0 Å². The predicted molar refractivity (Wildman–Crippen MR) is 114 cm³/mol. The molecule has 0 radical (unpaired) electrons. The van der Waals surface area contributed by atoms with Crippen LogP contribution in [0.1, 0.15) is 23.0 Å². The zero-order valence-electron chi connectivity index (χ0n) is 15.6. The normalized spacial score (nSPS) is 10.7. The number of benzene rings is 2. The predicted octanol–water partition coefficient (Wildman–Crippen LogP) is 4.34. The Morgan fingerprint density at radius 3 is 2.50 bits per heavy atom. The van der Waals surface area contributed by atoms with Crippen molar-refractivity contribution in [2.45, 2.75) is 6.92 Å². The van der Waals surface area contributed by atoms with Crippen LogP contribution in [0.15, 0.2) is 68.6 Å². The number of hydrogen-bond donors (Lipinski definition) is 2. The first-order chi connectivity index (χ1) is 14.3. The fraction of sp³-hybridized carbons (Fsp3) is 0.0500. The average molecular weight is 471 g/mol. The van der Waals surface area contributed by atoms with Gasteiger partial charge in [-0.05, 0) is 58.4 Å². The number of hydrazone groups is 1. The number of rotatable bonds is 6. The Bertz CT molecular complexity index is 1140. The molecule has 0 aliphatic carbocycles. The van der Waals surface area contributed by atoms with E-state index < -0.39 is 10.8 Å². The van der Waals surface area contributed by atoms with Crippen molar-refractivity contribution in [3.8, 4) is 11.3 Å². The molecule has 10 heteroatoms. The molecule has 0 unspecified atom stereocenters. The van der Waals surface area contributed by atoms with Crippen molar-refractivity contribution in [1.82, 2.24) is 5.43 Å². The van der Waals surface area contributed by atoms with E-state index in [9.17, 15) is 19.7 Å². The SMILES string of the molecule is CC(=O)Nc1ccc(C(=O)N/N=C\c2ccc(-c3ccc([N+](=O)[O-])cc3Br)o2)cc1. The Morgan fingerprint density at radius 1 is 1.13 bits per heavy atom. The third-order valence-electron chi connectivity index (χ3n) is 3.88. The lowest BCUT2D eigenvalue weighted by atomic mass is 10.1. The Hall–Kier alpha value is -3.79. The van der Waals surface area contributed by atoms with Gasteiger partial charge in [-0.15, -0.1) is 0 Å². The Morgan fingerprint density at radius 2 is 1.87 bits per heavy atom. The van der Waals surface area contributed by atoms with Crippen LogP contribution in [0.4, 0.5) is 11.4 Å². The molecular formula is C20H15BrN4O5. The number of nitrogens with one attached hydrogen (secondary N) is 2. The fourth-order valence-corrected chi connectivity index (χ4v) is 3.07. The lowest BCUT2D eigenvalue weighted by molar-refractivity contribution is -0.384. The molecule has 9 nitrogen and oxygen atoms in total. The molecule has 3 aromatic rings. The van der Waals surface area contributed by atoms with Crippen molar-refractivity contribution in [3.05, 3.63) is 80.5 Å². The van der Waals surface area contributed by atoms with Crippen LogP contribution in [0.3, 0.4) is 0 Å². The summed E-state index contributed by atoms with van der Waals surface area (Å²) in [5.41, 5.74) is 3.95. The zero-order valence-corrected chi connectivity index (χ0v) is 17.2. The molecule has 0 fully saturated rings. The molecule has 1 aromatic heterocycles. The summed E-state index contributed by atoms with van der Waals surface area (Å²) in [6.45, 7) is 1.40. The maximum Gasteiger partial charge on any atom is 0.271 e. The van der Waals surface area contributed by atoms with Gasteiger partial charge in [-0.1, -0.05) is 0 Å². The van der Waals surface area contributed by atoms with Crippen LogP contribution in [0.25, 0.3) is 11.3 Å². The standard InChI is InChI=1S/C20H15BrN4O5/c1-12(26)23-14-4-2-13(3-5-14)20(27)24-22-11-16-7-9-19(30-16)17-8-6-15(25(28)29)10-18(17)21/h2-11H,1H3,(H,23,26)(H,24,27)/b22-11-. The lowest BCUT2D eigenvalue weighted by Crippen LogP contribution is -2.17. The summed E-state index contributed by atoms with van der Waals surface area (Å²) >= 11 is 3.30. The number of nitro benzene ring substituents is 1. The molecule has 30 heavy (non-hydrogen) atoms. The average Bonchev–Trinajstić information content (AvgIpc) is 3.16. The molecule has 2 amide bonds. The minimum atomic E-state index is -0.481. The summed E-state index contributed by atoms with van der Waals surface area (Å²) in [4.78, 5) is 33.5. The van der Waals surface area contributed by atoms with Gasteiger partial charge in [0.2, 0.25) is 5.91 Å². The largest absolute Gasteiger partial charge is 0.455 e. The summed E-state index contributed by atoms with van der Waals surface area (Å²) in [6.07, 6.45) is 1.34. The number of carbonyl (C=O) groups is 2. The van der Waals surface area contributed by atoms with E-state index in [0.717, 1.165) is 0 Å². The van der Waals surface area contributed by atoms with Gasteiger partial charge >= 0.3 is 0 Å². The quantitative estimate of drug-likeness (QED) is 0.314. The first-order valence-electron chi connectivity index (χ1n) is 8.58. The van der Waals surface area contributed by atoms with Crippen LogP contribution in [0, 0.1) is 10.1 Å². The Kier molecular flexibility index (Phi) is 6.38. The van der Waals surface area contributed by atoms with E-state index in [4.69, 9.17) is 4.42 Å². The van der Waals surface area contributed by atoms with Gasteiger partial charge in [-0.25, -0.2) is 5.43 Å². The maximum absolute atomic E-state index is 12.1. The third-order valence-corrected chi connectivity index (χ3v) is 4.54. The molecule has 0 saturated carbocycles. The molecule has 0 saturated heterocycles. The highest BCUT2D eigenvalue weighted by atomic mass is 79.9. The highest BCUT2D eigenvalue weighted by Crippen LogP contribution is 2.32. The molecule has 0 spiro atoms. The number of amides is 2. The highest BCUT2D eigenvalue weighted by Gasteiger charge is 2.13. The topological polar surface area (TPSA) is 127 Å². The van der Waals surface area contributed by atoms with Crippen LogP contribution >= 0.6 is 15.9 Å². The maximum atomic E-state index is 12.1. The summed E-state index contributed by atoms with van der Waals surface area (Å²) in [5.74, 6) is 0.246. The van der Waals surface area contributed by atoms with Crippen LogP contribution in [0.5, 0.6) is 0 Å². The number of hydrogen-bond acceptors (Lipinski definition) is 6. The second-order valence-corrected chi connectivity index (χ2v) is 6.94. The monoisotopic (exact) mass is 470 g/mol. The first-order valence-corrected chi connectivity index (χ1v) is 9.38. The number of furan rings is 1. The minimum Gasteiger partial charge on any atom is -0.455 e. The van der Waals surface area contributed by atoms with E-state index in [1.165, 1.54) is 25.3 Å². The molecule has 152 valence electrons. The molecule has 0 aliphatic heterocycles. The molecule has 3 rings (SSSR count). The molecule has 1 heterocycles. The lowest BCUT2D eigenvalue weighted by Gasteiger charge is -2.03. The van der Waals surface area contributed by atoms with Crippen molar-refractivity contribution in [2.24, 2.45) is 5.10 Å². The number of halogens is 1. The van der Waals surface area contributed by atoms with E-state index in [1.54, 1.807) is 42.5 Å². The third kappa shape index (κ3) is 5.17. The van der Waals surface area contributed by atoms with E-state index >= 15 is 0 Å². The number of carbonyl (C=O) groups excluding carboxylic acids is 2. The molecule has 0 atom stereocenters. The fourth-order valence-electron chi connectivity index (χ4n) is 2.51. The molecule has 0 aliphatic rings. The summed E-state index contributed by atoms with van der Waals surface area (Å²) in [5, 5.41) is 17.3.